The van der Waals surface area contributed by atoms with E-state index in [0.29, 0.717) is 11.4 Å². The Bertz CT molecular complexity index is 823. The number of benzene rings is 1. The van der Waals surface area contributed by atoms with Crippen molar-refractivity contribution in [1.29, 1.82) is 0 Å². The van der Waals surface area contributed by atoms with Gasteiger partial charge in [-0.05, 0) is 30.5 Å². The number of aliphatic carboxylic acids is 1. The molecule has 2 aromatic rings. The van der Waals surface area contributed by atoms with Crippen LogP contribution < -0.4 is 4.72 Å². The molecular formula is C17H19NO4S2. The second-order valence-electron chi connectivity index (χ2n) is 6.12. The smallest absolute Gasteiger partial charge is 0.308 e. The monoisotopic (exact) mass is 365 g/mol. The molecule has 0 radical (unpaired) electrons. The van der Waals surface area contributed by atoms with Crippen molar-refractivity contribution in [3.63, 3.8) is 0 Å². The van der Waals surface area contributed by atoms with Crippen LogP contribution in [0, 0.1) is 0 Å². The van der Waals surface area contributed by atoms with Crippen LogP contribution in [0.15, 0.2) is 46.7 Å². The van der Waals surface area contributed by atoms with Crippen molar-refractivity contribution >= 4 is 27.3 Å². The lowest BCUT2D eigenvalue weighted by molar-refractivity contribution is -0.136. The maximum atomic E-state index is 12.5. The minimum absolute atomic E-state index is 0.129. The van der Waals surface area contributed by atoms with E-state index in [-0.39, 0.29) is 16.0 Å². The van der Waals surface area contributed by atoms with E-state index in [4.69, 9.17) is 5.11 Å². The van der Waals surface area contributed by atoms with Gasteiger partial charge in [0.05, 0.1) is 6.42 Å². The van der Waals surface area contributed by atoms with Crippen molar-refractivity contribution in [2.45, 2.75) is 35.3 Å². The van der Waals surface area contributed by atoms with Crippen LogP contribution in [0.2, 0.25) is 0 Å². The minimum Gasteiger partial charge on any atom is -0.481 e. The molecule has 1 saturated carbocycles. The van der Waals surface area contributed by atoms with Gasteiger partial charge < -0.3 is 5.11 Å². The molecule has 0 unspecified atom stereocenters. The zero-order valence-corrected chi connectivity index (χ0v) is 14.7. The number of nitrogens with one attached hydrogen (secondary N) is 1. The summed E-state index contributed by atoms with van der Waals surface area (Å²) < 4.78 is 27.9. The number of carbonyl (C=O) groups is 1. The summed E-state index contributed by atoms with van der Waals surface area (Å²) in [6.45, 7) is 0.367. The minimum atomic E-state index is -3.62. The van der Waals surface area contributed by atoms with Crippen molar-refractivity contribution < 1.29 is 18.3 Å². The molecule has 0 aliphatic heterocycles. The lowest BCUT2D eigenvalue weighted by atomic mass is 9.64. The van der Waals surface area contributed by atoms with Gasteiger partial charge in [0.1, 0.15) is 4.21 Å². The van der Waals surface area contributed by atoms with Crippen LogP contribution in [0.25, 0.3) is 0 Å². The summed E-state index contributed by atoms with van der Waals surface area (Å²) >= 11 is 1.01. The fourth-order valence-electron chi connectivity index (χ4n) is 3.01. The lowest BCUT2D eigenvalue weighted by Crippen LogP contribution is -2.45. The van der Waals surface area contributed by atoms with E-state index < -0.39 is 16.0 Å². The Morgan fingerprint density at radius 2 is 1.88 bits per heavy atom. The van der Waals surface area contributed by atoms with Crippen LogP contribution in [0.1, 0.15) is 29.7 Å². The van der Waals surface area contributed by atoms with Crippen molar-refractivity contribution in [3.05, 3.63) is 52.9 Å². The number of sulfonamides is 1. The van der Waals surface area contributed by atoms with Gasteiger partial charge in [-0.15, -0.1) is 11.3 Å². The molecule has 7 heteroatoms. The van der Waals surface area contributed by atoms with Crippen molar-refractivity contribution in [1.82, 2.24) is 4.72 Å². The highest BCUT2D eigenvalue weighted by molar-refractivity contribution is 7.91. The molecule has 0 amide bonds. The fraction of sp³-hybridized carbons (Fsp3) is 0.353. The zero-order chi connectivity index (χ0) is 17.2. The highest BCUT2D eigenvalue weighted by Crippen LogP contribution is 2.43. The van der Waals surface area contributed by atoms with E-state index in [0.717, 1.165) is 36.2 Å². The van der Waals surface area contributed by atoms with Crippen molar-refractivity contribution in [2.75, 3.05) is 6.54 Å². The van der Waals surface area contributed by atoms with E-state index in [1.165, 1.54) is 6.07 Å². The molecule has 1 heterocycles. The Balaban J connectivity index is 1.73. The molecule has 1 aliphatic rings. The van der Waals surface area contributed by atoms with Gasteiger partial charge in [0, 0.05) is 16.8 Å². The molecule has 128 valence electrons. The maximum absolute atomic E-state index is 12.5. The molecule has 0 saturated heterocycles. The average Bonchev–Trinajstić information content (AvgIpc) is 2.96. The predicted octanol–water partition coefficient (Wildman–Crippen LogP) is 2.78. The first kappa shape index (κ1) is 17.1. The van der Waals surface area contributed by atoms with Crippen LogP contribution in [0.4, 0.5) is 0 Å². The van der Waals surface area contributed by atoms with Crippen molar-refractivity contribution in [2.24, 2.45) is 0 Å². The molecule has 24 heavy (non-hydrogen) atoms. The molecule has 0 atom stereocenters. The topological polar surface area (TPSA) is 83.5 Å². The Morgan fingerprint density at radius 1 is 1.17 bits per heavy atom. The Hall–Kier alpha value is -1.70. The summed E-state index contributed by atoms with van der Waals surface area (Å²) in [6, 6.07) is 13.0. The van der Waals surface area contributed by atoms with E-state index in [2.05, 4.69) is 4.72 Å². The highest BCUT2D eigenvalue weighted by Gasteiger charge is 2.39. The Kier molecular flexibility index (Phi) is 4.76. The van der Waals surface area contributed by atoms with Crippen LogP contribution in [0.3, 0.4) is 0 Å². The van der Waals surface area contributed by atoms with E-state index >= 15 is 0 Å². The maximum Gasteiger partial charge on any atom is 0.308 e. The number of rotatable bonds is 7. The lowest BCUT2D eigenvalue weighted by Gasteiger charge is -2.42. The standard InChI is InChI=1S/C17H19NO4S2/c19-15(20)11-14-7-8-16(23-14)24(21,22)18-12-17(9-4-10-17)13-5-2-1-3-6-13/h1-3,5-8,18H,4,9-12H2,(H,19,20). The largest absolute Gasteiger partial charge is 0.481 e. The highest BCUT2D eigenvalue weighted by atomic mass is 32.2. The average molecular weight is 365 g/mol. The molecule has 3 rings (SSSR count). The summed E-state index contributed by atoms with van der Waals surface area (Å²) in [6.07, 6.45) is 2.87. The molecule has 1 aromatic heterocycles. The quantitative estimate of drug-likeness (QED) is 0.790. The van der Waals surface area contributed by atoms with Gasteiger partial charge in [0.2, 0.25) is 10.0 Å². The fourth-order valence-corrected chi connectivity index (χ4v) is 5.53. The zero-order valence-electron chi connectivity index (χ0n) is 13.1. The van der Waals surface area contributed by atoms with Gasteiger partial charge in [0.15, 0.2) is 0 Å². The van der Waals surface area contributed by atoms with E-state index in [9.17, 15) is 13.2 Å². The van der Waals surface area contributed by atoms with Gasteiger partial charge in [-0.3, -0.25) is 4.79 Å². The molecule has 1 fully saturated rings. The van der Waals surface area contributed by atoms with Gasteiger partial charge >= 0.3 is 5.97 Å². The third-order valence-electron chi connectivity index (χ3n) is 4.52. The molecule has 1 aliphatic carbocycles. The summed E-state index contributed by atoms with van der Waals surface area (Å²) in [5.41, 5.74) is 1.03. The number of carboxylic acid groups (broad SMARTS) is 1. The first-order valence-electron chi connectivity index (χ1n) is 7.77. The van der Waals surface area contributed by atoms with Crippen LogP contribution in [0.5, 0.6) is 0 Å². The van der Waals surface area contributed by atoms with Gasteiger partial charge in [-0.2, -0.15) is 0 Å². The SMILES string of the molecule is O=C(O)Cc1ccc(S(=O)(=O)NCC2(c3ccccc3)CCC2)s1. The van der Waals surface area contributed by atoms with E-state index in [1.54, 1.807) is 6.07 Å². The van der Waals surface area contributed by atoms with Crippen LogP contribution >= 0.6 is 11.3 Å². The predicted molar refractivity (Wildman–Crippen MR) is 92.8 cm³/mol. The van der Waals surface area contributed by atoms with Gasteiger partial charge in [-0.25, -0.2) is 13.1 Å². The molecule has 2 N–H and O–H groups in total. The molecule has 1 aromatic carbocycles. The summed E-state index contributed by atoms with van der Waals surface area (Å²) in [5, 5.41) is 8.80. The third kappa shape index (κ3) is 3.53. The third-order valence-corrected chi connectivity index (χ3v) is 7.50. The summed E-state index contributed by atoms with van der Waals surface area (Å²) in [4.78, 5) is 11.3. The second kappa shape index (κ2) is 6.66. The van der Waals surface area contributed by atoms with Crippen LogP contribution in [-0.2, 0) is 26.7 Å². The Morgan fingerprint density at radius 3 is 2.46 bits per heavy atom. The number of hydrogen-bond donors (Lipinski definition) is 2. The number of thiophene rings is 1. The number of carboxylic acids is 1. The second-order valence-corrected chi connectivity index (χ2v) is 9.28. The first-order chi connectivity index (χ1) is 11.4. The molecule has 0 bridgehead atoms. The van der Waals surface area contributed by atoms with E-state index in [1.807, 2.05) is 30.3 Å². The summed E-state index contributed by atoms with van der Waals surface area (Å²) in [7, 11) is -3.62. The summed E-state index contributed by atoms with van der Waals surface area (Å²) in [5.74, 6) is -0.966. The van der Waals surface area contributed by atoms with Gasteiger partial charge in [0.25, 0.3) is 0 Å². The molecular weight excluding hydrogens is 346 g/mol. The molecule has 0 spiro atoms. The van der Waals surface area contributed by atoms with Crippen molar-refractivity contribution in [3.8, 4) is 0 Å². The first-order valence-corrected chi connectivity index (χ1v) is 10.1. The Labute approximate surface area is 145 Å². The van der Waals surface area contributed by atoms with Crippen LogP contribution in [-0.4, -0.2) is 26.0 Å². The van der Waals surface area contributed by atoms with Gasteiger partial charge in [-0.1, -0.05) is 36.8 Å². The normalized spacial score (nSPS) is 16.5. The molecule has 5 nitrogen and oxygen atoms in total. The number of hydrogen-bond acceptors (Lipinski definition) is 4.